The lowest BCUT2D eigenvalue weighted by Gasteiger charge is -2.29. The van der Waals surface area contributed by atoms with Gasteiger partial charge in [0.25, 0.3) is 0 Å². The van der Waals surface area contributed by atoms with Crippen LogP contribution in [0.1, 0.15) is 58.3 Å². The van der Waals surface area contributed by atoms with Gasteiger partial charge >= 0.3 is 0 Å². The van der Waals surface area contributed by atoms with Crippen LogP contribution in [0.15, 0.2) is 36.5 Å². The maximum Gasteiger partial charge on any atom is 0.0877 e. The molecule has 0 N–H and O–H groups in total. The van der Waals surface area contributed by atoms with Crippen molar-refractivity contribution < 1.29 is 29.3 Å². The van der Waals surface area contributed by atoms with Crippen molar-refractivity contribution in [3.05, 3.63) is 36.5 Å². The van der Waals surface area contributed by atoms with Crippen LogP contribution in [0, 0.1) is 58.7 Å². The average molecular weight is 515 g/mol. The monoisotopic (exact) mass is 514 g/mol. The maximum atomic E-state index is 5.78. The minimum absolute atomic E-state index is 0.147. The lowest BCUT2D eigenvalue weighted by molar-refractivity contribution is -0.332. The Morgan fingerprint density at radius 1 is 0.514 bits per heavy atom. The molecule has 6 rings (SSSR count). The molecule has 9 atom stereocenters. The van der Waals surface area contributed by atoms with E-state index in [1.807, 2.05) is 0 Å². The molecule has 9 unspecified atom stereocenters. The van der Waals surface area contributed by atoms with Gasteiger partial charge in [-0.3, -0.25) is 0 Å². The Kier molecular flexibility index (Phi) is 8.51. The summed E-state index contributed by atoms with van der Waals surface area (Å²) in [5.74, 6) is 6.12. The third-order valence-corrected chi connectivity index (χ3v) is 10.3. The summed E-state index contributed by atoms with van der Waals surface area (Å²) in [5, 5.41) is 0. The van der Waals surface area contributed by atoms with E-state index in [9.17, 15) is 0 Å². The highest BCUT2D eigenvalue weighted by Crippen LogP contribution is 2.45. The highest BCUT2D eigenvalue weighted by atomic mass is 17.2. The van der Waals surface area contributed by atoms with Crippen molar-refractivity contribution in [2.24, 2.45) is 58.7 Å². The van der Waals surface area contributed by atoms with E-state index in [1.165, 1.54) is 38.5 Å². The fraction of sp³-hybridized carbons (Fsp3) is 0.806. The first-order chi connectivity index (χ1) is 18.1. The molecule has 0 heterocycles. The van der Waals surface area contributed by atoms with Crippen molar-refractivity contribution >= 4 is 0 Å². The molecule has 6 aliphatic carbocycles. The molecule has 3 fully saturated rings. The van der Waals surface area contributed by atoms with Crippen LogP contribution in [0.4, 0.5) is 0 Å². The Balaban J connectivity index is 0.890. The first-order valence-corrected chi connectivity index (χ1v) is 14.9. The Labute approximate surface area is 222 Å². The van der Waals surface area contributed by atoms with Crippen molar-refractivity contribution in [1.82, 2.24) is 0 Å². The molecular weight excluding hydrogens is 468 g/mol. The fourth-order valence-corrected chi connectivity index (χ4v) is 7.81. The summed E-state index contributed by atoms with van der Waals surface area (Å²) in [5.41, 5.74) is -0.147. The molecule has 6 bridgehead atoms. The molecular formula is C31H46O6. The van der Waals surface area contributed by atoms with Crippen LogP contribution in [-0.2, 0) is 29.3 Å². The standard InChI is InChI=1S/C31H46O6/c1-31(21-37-36-20-30-17-24-4-7-27(30)14-24,8-10-32-34-18-28-15-22-2-5-25(28)12-22)9-11-33-35-19-29-16-23-3-6-26(29)13-23/h2-7,22-30H,8-21H2,1H3. The molecule has 0 saturated heterocycles. The minimum Gasteiger partial charge on any atom is -0.237 e. The summed E-state index contributed by atoms with van der Waals surface area (Å²) < 4.78 is 0. The number of allylic oxidation sites excluding steroid dienone is 6. The van der Waals surface area contributed by atoms with Crippen LogP contribution in [0.3, 0.4) is 0 Å². The van der Waals surface area contributed by atoms with Gasteiger partial charge in [0.05, 0.1) is 39.6 Å². The summed E-state index contributed by atoms with van der Waals surface area (Å²) in [6.45, 7) is 5.84. The Bertz CT molecular complexity index is 794. The summed E-state index contributed by atoms with van der Waals surface area (Å²) in [4.78, 5) is 34.0. The normalized spacial score (nSPS) is 40.0. The quantitative estimate of drug-likeness (QED) is 0.0989. The molecule has 0 aromatic rings. The first kappa shape index (κ1) is 26.2. The Hall–Kier alpha value is -1.02. The van der Waals surface area contributed by atoms with E-state index < -0.39 is 0 Å². The largest absolute Gasteiger partial charge is 0.237 e. The predicted octanol–water partition coefficient (Wildman–Crippen LogP) is 6.25. The van der Waals surface area contributed by atoms with Gasteiger partial charge in [-0.05, 0) is 110 Å². The van der Waals surface area contributed by atoms with Crippen molar-refractivity contribution in [3.8, 4) is 0 Å². The van der Waals surface area contributed by atoms with Gasteiger partial charge in [-0.25, -0.2) is 29.3 Å². The number of fused-ring (bicyclic) bond motifs is 6. The second kappa shape index (κ2) is 12.0. The maximum absolute atomic E-state index is 5.78. The van der Waals surface area contributed by atoms with Crippen LogP contribution in [-0.4, -0.2) is 39.6 Å². The summed E-state index contributed by atoms with van der Waals surface area (Å²) >= 11 is 0. The summed E-state index contributed by atoms with van der Waals surface area (Å²) in [6, 6.07) is 0. The molecule has 0 amide bonds. The molecule has 6 heteroatoms. The highest BCUT2D eigenvalue weighted by Gasteiger charge is 2.38. The molecule has 0 radical (unpaired) electrons. The van der Waals surface area contributed by atoms with Gasteiger partial charge in [-0.15, -0.1) is 0 Å². The van der Waals surface area contributed by atoms with Gasteiger partial charge in [0.2, 0.25) is 0 Å². The molecule has 37 heavy (non-hydrogen) atoms. The Morgan fingerprint density at radius 3 is 1.27 bits per heavy atom. The van der Waals surface area contributed by atoms with Gasteiger partial charge in [0.1, 0.15) is 0 Å². The molecule has 0 aromatic heterocycles. The van der Waals surface area contributed by atoms with Crippen molar-refractivity contribution in [1.29, 1.82) is 0 Å². The topological polar surface area (TPSA) is 55.4 Å². The molecule has 6 aliphatic rings. The predicted molar refractivity (Wildman–Crippen MR) is 140 cm³/mol. The summed E-state index contributed by atoms with van der Waals surface area (Å²) in [7, 11) is 0. The van der Waals surface area contributed by atoms with E-state index in [1.54, 1.807) is 0 Å². The van der Waals surface area contributed by atoms with E-state index in [4.69, 9.17) is 29.3 Å². The van der Waals surface area contributed by atoms with Crippen LogP contribution in [0.25, 0.3) is 0 Å². The molecule has 6 nitrogen and oxygen atoms in total. The van der Waals surface area contributed by atoms with Gasteiger partial charge < -0.3 is 0 Å². The van der Waals surface area contributed by atoms with Crippen LogP contribution in [0.2, 0.25) is 0 Å². The molecule has 206 valence electrons. The number of hydrogen-bond donors (Lipinski definition) is 0. The fourth-order valence-electron chi connectivity index (χ4n) is 7.81. The van der Waals surface area contributed by atoms with E-state index in [-0.39, 0.29) is 5.41 Å². The molecule has 0 aromatic carbocycles. The molecule has 0 spiro atoms. The van der Waals surface area contributed by atoms with Gasteiger partial charge in [-0.1, -0.05) is 43.4 Å². The van der Waals surface area contributed by atoms with Crippen molar-refractivity contribution in [3.63, 3.8) is 0 Å². The highest BCUT2D eigenvalue weighted by molar-refractivity contribution is 5.11. The van der Waals surface area contributed by atoms with Gasteiger partial charge in [0.15, 0.2) is 0 Å². The number of hydrogen-bond acceptors (Lipinski definition) is 6. The van der Waals surface area contributed by atoms with Gasteiger partial charge in [-0.2, -0.15) is 0 Å². The van der Waals surface area contributed by atoms with Gasteiger partial charge in [0, 0.05) is 0 Å². The second-order valence-corrected chi connectivity index (χ2v) is 13.2. The summed E-state index contributed by atoms with van der Waals surface area (Å²) in [6.07, 6.45) is 23.4. The molecule has 0 aliphatic heterocycles. The third kappa shape index (κ3) is 6.59. The Morgan fingerprint density at radius 2 is 0.919 bits per heavy atom. The van der Waals surface area contributed by atoms with Crippen LogP contribution >= 0.6 is 0 Å². The zero-order valence-electron chi connectivity index (χ0n) is 22.5. The number of rotatable bonds is 17. The zero-order chi connectivity index (χ0) is 25.1. The van der Waals surface area contributed by atoms with Crippen LogP contribution in [0.5, 0.6) is 0 Å². The zero-order valence-corrected chi connectivity index (χ0v) is 22.5. The second-order valence-electron chi connectivity index (χ2n) is 13.2. The lowest BCUT2D eigenvalue weighted by atomic mass is 9.85. The smallest absolute Gasteiger partial charge is 0.0877 e. The lowest BCUT2D eigenvalue weighted by Crippen LogP contribution is -2.28. The molecule has 3 saturated carbocycles. The first-order valence-electron chi connectivity index (χ1n) is 14.9. The van der Waals surface area contributed by atoms with Crippen molar-refractivity contribution in [2.45, 2.75) is 58.3 Å². The van der Waals surface area contributed by atoms with E-state index in [0.717, 1.165) is 30.6 Å². The van der Waals surface area contributed by atoms with E-state index in [0.29, 0.717) is 75.1 Å². The SMILES string of the molecule is CC(CCOOCC1CC2C=CC1C2)(CCOOCC1CC2C=CC1C2)COOCC1CC2C=CC1C2. The minimum atomic E-state index is -0.147. The van der Waals surface area contributed by atoms with E-state index in [2.05, 4.69) is 43.4 Å². The van der Waals surface area contributed by atoms with Crippen molar-refractivity contribution in [2.75, 3.05) is 39.6 Å². The average Bonchev–Trinajstić information content (AvgIpc) is 3.75. The van der Waals surface area contributed by atoms with Crippen LogP contribution < -0.4 is 0 Å². The third-order valence-electron chi connectivity index (χ3n) is 10.3. The van der Waals surface area contributed by atoms with E-state index >= 15 is 0 Å².